The minimum Gasteiger partial charge on any atom is -0.352 e. The van der Waals surface area contributed by atoms with Crippen molar-refractivity contribution >= 4 is 33.2 Å². The van der Waals surface area contributed by atoms with Gasteiger partial charge in [-0.15, -0.1) is 0 Å². The average molecular weight is 395 g/mol. The predicted octanol–water partition coefficient (Wildman–Crippen LogP) is 4.09. The van der Waals surface area contributed by atoms with E-state index < -0.39 is 10.0 Å². The highest BCUT2D eigenvalue weighted by atomic mass is 35.5. The minimum atomic E-state index is -3.73. The van der Waals surface area contributed by atoms with E-state index in [-0.39, 0.29) is 10.8 Å². The lowest BCUT2D eigenvalue weighted by atomic mass is 10.2. The molecule has 0 bridgehead atoms. The fraction of sp³-hybridized carbons (Fsp3) is 0.316. The van der Waals surface area contributed by atoms with Crippen LogP contribution < -0.4 is 9.62 Å². The summed E-state index contributed by atoms with van der Waals surface area (Å²) in [5, 5.41) is 3.32. The molecule has 0 spiro atoms. The lowest BCUT2D eigenvalue weighted by Gasteiger charge is -2.20. The number of hydrogen-bond acceptors (Lipinski definition) is 3. The van der Waals surface area contributed by atoms with Gasteiger partial charge in [0, 0.05) is 24.2 Å². The first-order chi connectivity index (χ1) is 12.4. The number of unbranched alkanes of at least 4 members (excludes halogenated alkanes) is 2. The van der Waals surface area contributed by atoms with Gasteiger partial charge in [0.1, 0.15) is 0 Å². The van der Waals surface area contributed by atoms with Gasteiger partial charge in [0.15, 0.2) is 0 Å². The number of amides is 1. The zero-order valence-electron chi connectivity index (χ0n) is 14.9. The molecule has 0 radical (unpaired) electrons. The number of hydrogen-bond donors (Lipinski definition) is 1. The molecule has 7 heteroatoms. The lowest BCUT2D eigenvalue weighted by Crippen LogP contribution is -2.28. The number of nitrogens with one attached hydrogen (secondary N) is 1. The molecule has 0 aliphatic rings. The zero-order valence-corrected chi connectivity index (χ0v) is 16.5. The first-order valence-electron chi connectivity index (χ1n) is 8.49. The molecular weight excluding hydrogens is 372 g/mol. The standard InChI is InChI=1S/C19H23ClN2O3S/c1-3-4-5-13-21-19(23)15-7-6-8-17(14-15)22(2)26(24,25)18-11-9-16(20)10-12-18/h6-12,14H,3-5,13H2,1-2H3,(H,21,23). The fourth-order valence-electron chi connectivity index (χ4n) is 2.43. The topological polar surface area (TPSA) is 66.5 Å². The first-order valence-corrected chi connectivity index (χ1v) is 10.3. The van der Waals surface area contributed by atoms with Crippen LogP contribution in [0.25, 0.3) is 0 Å². The van der Waals surface area contributed by atoms with Crippen LogP contribution in [0.3, 0.4) is 0 Å². The van der Waals surface area contributed by atoms with E-state index >= 15 is 0 Å². The van der Waals surface area contributed by atoms with Gasteiger partial charge in [0.2, 0.25) is 0 Å². The molecule has 0 atom stereocenters. The maximum atomic E-state index is 12.8. The van der Waals surface area contributed by atoms with E-state index in [4.69, 9.17) is 11.6 Å². The van der Waals surface area contributed by atoms with Gasteiger partial charge in [-0.25, -0.2) is 8.42 Å². The van der Waals surface area contributed by atoms with E-state index in [0.717, 1.165) is 23.6 Å². The third-order valence-electron chi connectivity index (χ3n) is 4.01. The first kappa shape index (κ1) is 20.3. The zero-order chi connectivity index (χ0) is 19.2. The molecule has 0 aromatic heterocycles. The SMILES string of the molecule is CCCCCNC(=O)c1cccc(N(C)S(=O)(=O)c2ccc(Cl)cc2)c1. The molecule has 26 heavy (non-hydrogen) atoms. The number of nitrogens with zero attached hydrogens (tertiary/aromatic N) is 1. The van der Waals surface area contributed by atoms with Crippen molar-refractivity contribution in [2.75, 3.05) is 17.9 Å². The molecule has 0 saturated carbocycles. The number of anilines is 1. The van der Waals surface area contributed by atoms with Crippen molar-refractivity contribution in [3.63, 3.8) is 0 Å². The summed E-state index contributed by atoms with van der Waals surface area (Å²) in [5.74, 6) is -0.208. The molecule has 5 nitrogen and oxygen atoms in total. The smallest absolute Gasteiger partial charge is 0.264 e. The molecule has 2 rings (SSSR count). The summed E-state index contributed by atoms with van der Waals surface area (Å²) in [7, 11) is -2.27. The second kappa shape index (κ2) is 9.05. The van der Waals surface area contributed by atoms with E-state index in [1.165, 1.54) is 31.3 Å². The molecule has 1 amide bonds. The number of carbonyl (C=O) groups is 1. The second-order valence-electron chi connectivity index (χ2n) is 5.94. The van der Waals surface area contributed by atoms with Gasteiger partial charge in [-0.2, -0.15) is 0 Å². The summed E-state index contributed by atoms with van der Waals surface area (Å²) in [6, 6.07) is 12.5. The number of benzene rings is 2. The molecule has 0 heterocycles. The van der Waals surface area contributed by atoms with Crippen LogP contribution in [0.5, 0.6) is 0 Å². The van der Waals surface area contributed by atoms with Gasteiger partial charge < -0.3 is 5.32 Å². The highest BCUT2D eigenvalue weighted by Gasteiger charge is 2.21. The average Bonchev–Trinajstić information content (AvgIpc) is 2.65. The summed E-state index contributed by atoms with van der Waals surface area (Å²) in [6.07, 6.45) is 3.06. The lowest BCUT2D eigenvalue weighted by molar-refractivity contribution is 0.0953. The van der Waals surface area contributed by atoms with Crippen LogP contribution in [0.15, 0.2) is 53.4 Å². The molecule has 0 unspecified atom stereocenters. The fourth-order valence-corrected chi connectivity index (χ4v) is 3.74. The van der Waals surface area contributed by atoms with E-state index in [9.17, 15) is 13.2 Å². The Balaban J connectivity index is 2.18. The molecule has 2 aromatic rings. The summed E-state index contributed by atoms with van der Waals surface area (Å²) in [4.78, 5) is 12.4. The Labute approximate surface area is 160 Å². The Morgan fingerprint density at radius 1 is 1.12 bits per heavy atom. The molecule has 0 aliphatic heterocycles. The Morgan fingerprint density at radius 3 is 2.46 bits per heavy atom. The van der Waals surface area contributed by atoms with Gasteiger partial charge in [-0.3, -0.25) is 9.10 Å². The Bertz CT molecular complexity index is 851. The molecular formula is C19H23ClN2O3S. The summed E-state index contributed by atoms with van der Waals surface area (Å²) in [5.41, 5.74) is 0.846. The minimum absolute atomic E-state index is 0.138. The van der Waals surface area contributed by atoms with Crippen LogP contribution >= 0.6 is 11.6 Å². The van der Waals surface area contributed by atoms with Gasteiger partial charge in [0.25, 0.3) is 15.9 Å². The quantitative estimate of drug-likeness (QED) is 0.686. The largest absolute Gasteiger partial charge is 0.352 e. The number of halogens is 1. The van der Waals surface area contributed by atoms with Crippen molar-refractivity contribution < 1.29 is 13.2 Å². The predicted molar refractivity (Wildman–Crippen MR) is 105 cm³/mol. The van der Waals surface area contributed by atoms with Crippen LogP contribution in [0.2, 0.25) is 5.02 Å². The molecule has 1 N–H and O–H groups in total. The Morgan fingerprint density at radius 2 is 1.81 bits per heavy atom. The summed E-state index contributed by atoms with van der Waals surface area (Å²) in [6.45, 7) is 2.71. The molecule has 0 saturated heterocycles. The van der Waals surface area contributed by atoms with Gasteiger partial charge in [-0.05, 0) is 48.9 Å². The second-order valence-corrected chi connectivity index (χ2v) is 8.35. The van der Waals surface area contributed by atoms with Crippen molar-refractivity contribution in [1.29, 1.82) is 0 Å². The third-order valence-corrected chi connectivity index (χ3v) is 6.06. The number of carbonyl (C=O) groups excluding carboxylic acids is 1. The van der Waals surface area contributed by atoms with Crippen molar-refractivity contribution in [1.82, 2.24) is 5.32 Å². The third kappa shape index (κ3) is 4.99. The highest BCUT2D eigenvalue weighted by molar-refractivity contribution is 7.92. The van der Waals surface area contributed by atoms with Crippen LogP contribution in [-0.4, -0.2) is 27.9 Å². The number of rotatable bonds is 8. The monoisotopic (exact) mass is 394 g/mol. The summed E-state index contributed by atoms with van der Waals surface area (Å²) >= 11 is 5.82. The van der Waals surface area contributed by atoms with E-state index in [2.05, 4.69) is 12.2 Å². The molecule has 140 valence electrons. The van der Waals surface area contributed by atoms with E-state index in [0.29, 0.717) is 22.8 Å². The van der Waals surface area contributed by atoms with Crippen molar-refractivity contribution in [3.8, 4) is 0 Å². The van der Waals surface area contributed by atoms with E-state index in [1.54, 1.807) is 24.3 Å². The normalized spacial score (nSPS) is 11.2. The molecule has 0 aliphatic carbocycles. The van der Waals surface area contributed by atoms with Gasteiger partial charge in [-0.1, -0.05) is 37.4 Å². The highest BCUT2D eigenvalue weighted by Crippen LogP contribution is 2.24. The molecule has 2 aromatic carbocycles. The Kier molecular flexibility index (Phi) is 7.06. The number of sulfonamides is 1. The maximum absolute atomic E-state index is 12.8. The molecule has 0 fully saturated rings. The van der Waals surface area contributed by atoms with Crippen molar-refractivity contribution in [2.45, 2.75) is 31.1 Å². The van der Waals surface area contributed by atoms with Crippen LogP contribution in [0, 0.1) is 0 Å². The van der Waals surface area contributed by atoms with E-state index in [1.807, 2.05) is 0 Å². The van der Waals surface area contributed by atoms with Crippen LogP contribution in [-0.2, 0) is 10.0 Å². The van der Waals surface area contributed by atoms with Crippen LogP contribution in [0.1, 0.15) is 36.5 Å². The summed E-state index contributed by atoms with van der Waals surface area (Å²) < 4.78 is 26.7. The van der Waals surface area contributed by atoms with Gasteiger partial charge >= 0.3 is 0 Å². The Hall–Kier alpha value is -2.05. The van der Waals surface area contributed by atoms with Crippen molar-refractivity contribution in [2.24, 2.45) is 0 Å². The van der Waals surface area contributed by atoms with Gasteiger partial charge in [0.05, 0.1) is 10.6 Å². The van der Waals surface area contributed by atoms with Crippen molar-refractivity contribution in [3.05, 3.63) is 59.1 Å². The maximum Gasteiger partial charge on any atom is 0.264 e. The van der Waals surface area contributed by atoms with Crippen LogP contribution in [0.4, 0.5) is 5.69 Å².